The van der Waals surface area contributed by atoms with Crippen molar-refractivity contribution in [3.63, 3.8) is 0 Å². The Bertz CT molecular complexity index is 672. The molecule has 2 rings (SSSR count). The Hall–Kier alpha value is -1.89. The topological polar surface area (TPSA) is 83.6 Å². The lowest BCUT2D eigenvalue weighted by Gasteiger charge is -2.26. The normalized spacial score (nSPS) is 22.0. The van der Waals surface area contributed by atoms with Crippen LogP contribution in [0.25, 0.3) is 0 Å². The van der Waals surface area contributed by atoms with Crippen molar-refractivity contribution < 1.29 is 18.0 Å². The van der Waals surface area contributed by atoms with Crippen LogP contribution in [0.2, 0.25) is 0 Å². The zero-order valence-corrected chi connectivity index (χ0v) is 13.5. The summed E-state index contributed by atoms with van der Waals surface area (Å²) in [5, 5.41) is 2.76. The number of sulfone groups is 1. The molecule has 1 aliphatic heterocycles. The number of imide groups is 1. The van der Waals surface area contributed by atoms with E-state index in [0.717, 1.165) is 16.7 Å². The molecule has 1 heterocycles. The lowest BCUT2D eigenvalue weighted by atomic mass is 9.85. The fourth-order valence-electron chi connectivity index (χ4n) is 2.69. The highest BCUT2D eigenvalue weighted by Gasteiger charge is 2.51. The predicted octanol–water partition coefficient (Wildman–Crippen LogP) is 1.28. The molecule has 1 aromatic rings. The number of nitrogens with one attached hydrogen (secondary N) is 1. The van der Waals surface area contributed by atoms with E-state index in [2.05, 4.69) is 5.32 Å². The monoisotopic (exact) mass is 324 g/mol. The third-order valence-corrected chi connectivity index (χ3v) is 4.68. The number of hydrogen-bond acceptors (Lipinski definition) is 4. The maximum atomic E-state index is 12.8. The van der Waals surface area contributed by atoms with Gasteiger partial charge in [0.05, 0.1) is 5.75 Å². The van der Waals surface area contributed by atoms with E-state index in [1.165, 1.54) is 0 Å². The summed E-state index contributed by atoms with van der Waals surface area (Å²) in [6.07, 6.45) is 2.26. The first-order chi connectivity index (χ1) is 10.3. The third-order valence-electron chi connectivity index (χ3n) is 3.75. The van der Waals surface area contributed by atoms with Gasteiger partial charge in [0.15, 0.2) is 0 Å². The van der Waals surface area contributed by atoms with E-state index in [0.29, 0.717) is 12.8 Å². The highest BCUT2D eigenvalue weighted by atomic mass is 32.2. The second-order valence-corrected chi connectivity index (χ2v) is 7.80. The van der Waals surface area contributed by atoms with E-state index in [1.807, 2.05) is 25.1 Å². The van der Waals surface area contributed by atoms with Crippen LogP contribution in [0.3, 0.4) is 0 Å². The van der Waals surface area contributed by atoms with Crippen molar-refractivity contribution >= 4 is 21.8 Å². The molecule has 0 bridgehead atoms. The van der Waals surface area contributed by atoms with Gasteiger partial charge in [-0.25, -0.2) is 13.2 Å². The minimum Gasteiger partial charge on any atom is -0.319 e. The first-order valence-electron chi connectivity index (χ1n) is 7.17. The summed E-state index contributed by atoms with van der Waals surface area (Å²) in [6.45, 7) is 1.81. The van der Waals surface area contributed by atoms with Gasteiger partial charge < -0.3 is 5.32 Å². The summed E-state index contributed by atoms with van der Waals surface area (Å²) in [5.74, 6) is -0.613. The van der Waals surface area contributed by atoms with Gasteiger partial charge in [-0.3, -0.25) is 9.69 Å². The molecule has 0 unspecified atom stereocenters. The molecule has 0 aliphatic carbocycles. The molecule has 1 fully saturated rings. The fraction of sp³-hybridized carbons (Fsp3) is 0.467. The summed E-state index contributed by atoms with van der Waals surface area (Å²) < 4.78 is 22.6. The number of amides is 3. The second kappa shape index (κ2) is 6.08. The molecular weight excluding hydrogens is 304 g/mol. The minimum absolute atomic E-state index is 0.123. The lowest BCUT2D eigenvalue weighted by molar-refractivity contribution is -0.131. The Morgan fingerprint density at radius 3 is 2.36 bits per heavy atom. The molecule has 0 radical (unpaired) electrons. The largest absolute Gasteiger partial charge is 0.325 e. The van der Waals surface area contributed by atoms with E-state index >= 15 is 0 Å². The van der Waals surface area contributed by atoms with Crippen LogP contribution in [0.15, 0.2) is 30.3 Å². The van der Waals surface area contributed by atoms with Gasteiger partial charge >= 0.3 is 6.03 Å². The van der Waals surface area contributed by atoms with Gasteiger partial charge in [-0.15, -0.1) is 0 Å². The van der Waals surface area contributed by atoms with Crippen molar-refractivity contribution in [3.8, 4) is 0 Å². The SMILES string of the molecule is CCC[C@]1(c2ccccc2)NC(=O)N(CCS(C)(=O)=O)C1=O. The number of nitrogens with zero attached hydrogens (tertiary/aromatic N) is 1. The average Bonchev–Trinajstić information content (AvgIpc) is 2.69. The van der Waals surface area contributed by atoms with E-state index in [1.54, 1.807) is 12.1 Å². The van der Waals surface area contributed by atoms with E-state index in [9.17, 15) is 18.0 Å². The van der Waals surface area contributed by atoms with Gasteiger partial charge in [0, 0.05) is 12.8 Å². The Balaban J connectivity index is 2.33. The minimum atomic E-state index is -3.25. The molecule has 6 nitrogen and oxygen atoms in total. The molecule has 0 saturated carbocycles. The van der Waals surface area contributed by atoms with E-state index in [-0.39, 0.29) is 18.2 Å². The fourth-order valence-corrected chi connectivity index (χ4v) is 3.21. The van der Waals surface area contributed by atoms with Crippen molar-refractivity contribution in [3.05, 3.63) is 35.9 Å². The highest BCUT2D eigenvalue weighted by molar-refractivity contribution is 7.90. The Labute approximate surface area is 130 Å². The van der Waals surface area contributed by atoms with Gasteiger partial charge in [0.1, 0.15) is 15.4 Å². The standard InChI is InChI=1S/C15H20N2O4S/c1-3-9-15(12-7-5-4-6-8-12)13(18)17(14(19)16-15)10-11-22(2,20)21/h4-8H,3,9-11H2,1-2H3,(H,16,19)/t15-/m1/s1. The number of benzene rings is 1. The van der Waals surface area contributed by atoms with Gasteiger partial charge in [0.2, 0.25) is 0 Å². The summed E-state index contributed by atoms with van der Waals surface area (Å²) >= 11 is 0. The van der Waals surface area contributed by atoms with Gasteiger partial charge in [-0.05, 0) is 12.0 Å². The Morgan fingerprint density at radius 2 is 1.82 bits per heavy atom. The van der Waals surface area contributed by atoms with Crippen LogP contribution in [-0.2, 0) is 20.2 Å². The molecule has 7 heteroatoms. The molecule has 0 spiro atoms. The van der Waals surface area contributed by atoms with Crippen LogP contribution in [0.5, 0.6) is 0 Å². The zero-order valence-electron chi connectivity index (χ0n) is 12.7. The molecule has 1 N–H and O–H groups in total. The number of carbonyl (C=O) groups is 2. The first kappa shape index (κ1) is 16.5. The van der Waals surface area contributed by atoms with E-state index < -0.39 is 21.4 Å². The number of hydrogen-bond donors (Lipinski definition) is 1. The second-order valence-electron chi connectivity index (χ2n) is 5.54. The van der Waals surface area contributed by atoms with Crippen molar-refractivity contribution in [2.24, 2.45) is 0 Å². The third kappa shape index (κ3) is 3.14. The van der Waals surface area contributed by atoms with Gasteiger partial charge in [0.25, 0.3) is 5.91 Å². The average molecular weight is 324 g/mol. The zero-order chi connectivity index (χ0) is 16.4. The molecule has 22 heavy (non-hydrogen) atoms. The number of carbonyl (C=O) groups excluding carboxylic acids is 2. The van der Waals surface area contributed by atoms with Crippen molar-refractivity contribution in [1.29, 1.82) is 0 Å². The van der Waals surface area contributed by atoms with Crippen LogP contribution in [0.4, 0.5) is 4.79 Å². The maximum absolute atomic E-state index is 12.8. The molecule has 1 aliphatic rings. The molecular formula is C15H20N2O4S. The molecule has 3 amide bonds. The number of urea groups is 1. The van der Waals surface area contributed by atoms with Crippen molar-refractivity contribution in [2.45, 2.75) is 25.3 Å². The van der Waals surface area contributed by atoms with Crippen molar-refractivity contribution in [2.75, 3.05) is 18.6 Å². The Morgan fingerprint density at radius 1 is 1.18 bits per heavy atom. The first-order valence-corrected chi connectivity index (χ1v) is 9.23. The molecule has 1 atom stereocenters. The quantitative estimate of drug-likeness (QED) is 0.799. The van der Waals surface area contributed by atoms with Gasteiger partial charge in [-0.2, -0.15) is 0 Å². The summed E-state index contributed by atoms with van der Waals surface area (Å²) in [4.78, 5) is 26.0. The Kier molecular flexibility index (Phi) is 4.55. The highest BCUT2D eigenvalue weighted by Crippen LogP contribution is 2.33. The molecule has 120 valence electrons. The van der Waals surface area contributed by atoms with Crippen LogP contribution in [0, 0.1) is 0 Å². The molecule has 1 aromatic carbocycles. The summed E-state index contributed by atoms with van der Waals surface area (Å²) in [7, 11) is -3.25. The van der Waals surface area contributed by atoms with Crippen LogP contribution in [-0.4, -0.2) is 43.8 Å². The van der Waals surface area contributed by atoms with Crippen LogP contribution in [0.1, 0.15) is 25.3 Å². The van der Waals surface area contributed by atoms with E-state index in [4.69, 9.17) is 0 Å². The molecule has 0 aromatic heterocycles. The maximum Gasteiger partial charge on any atom is 0.325 e. The smallest absolute Gasteiger partial charge is 0.319 e. The van der Waals surface area contributed by atoms with Crippen molar-refractivity contribution in [1.82, 2.24) is 10.2 Å². The predicted molar refractivity (Wildman–Crippen MR) is 83.0 cm³/mol. The summed E-state index contributed by atoms with van der Waals surface area (Å²) in [5.41, 5.74) is -0.373. The van der Waals surface area contributed by atoms with Gasteiger partial charge in [-0.1, -0.05) is 43.7 Å². The van der Waals surface area contributed by atoms with Crippen LogP contribution >= 0.6 is 0 Å². The summed E-state index contributed by atoms with van der Waals surface area (Å²) in [6, 6.07) is 8.52. The number of rotatable bonds is 6. The lowest BCUT2D eigenvalue weighted by Crippen LogP contribution is -2.44. The molecule has 1 saturated heterocycles. The van der Waals surface area contributed by atoms with Crippen LogP contribution < -0.4 is 5.32 Å².